The number of likely N-dealkylation sites (N-methyl/N-ethyl adjacent to an activating group) is 1. The number of carboxylic acids is 1. The molecule has 2 saturated heterocycles. The Hall–Kier alpha value is -9.27. The Bertz CT molecular complexity index is 4850. The average Bonchev–Trinajstić information content (AvgIpc) is 0.767. The Kier molecular flexibility index (Phi) is 30.0. The van der Waals surface area contributed by atoms with Gasteiger partial charge in [-0.2, -0.15) is 0 Å². The molecule has 11 bridgehead atoms. The molecule has 7 aliphatic heterocycles. The summed E-state index contributed by atoms with van der Waals surface area (Å²) in [5.74, 6) is -16.3. The minimum atomic E-state index is -2.37. The van der Waals surface area contributed by atoms with Gasteiger partial charge < -0.3 is 123 Å². The second kappa shape index (κ2) is 39.5. The highest BCUT2D eigenvalue weighted by atomic mass is 127. The van der Waals surface area contributed by atoms with E-state index in [-0.39, 0.29) is 62.8 Å². The molecular formula is C79H95Cl2IN12O24S. The third-order valence-corrected chi connectivity index (χ3v) is 23.9. The van der Waals surface area contributed by atoms with Crippen molar-refractivity contribution in [3.05, 3.63) is 133 Å². The molecule has 0 spiro atoms. The zero-order chi connectivity index (χ0) is 86.2. The number of carboxylic acid groups (broad SMARTS) is 1. The third kappa shape index (κ3) is 21.4. The Morgan fingerprint density at radius 3 is 1.96 bits per heavy atom. The van der Waals surface area contributed by atoms with Gasteiger partial charge in [-0.15, -0.1) is 10.2 Å². The van der Waals surface area contributed by atoms with Gasteiger partial charge >= 0.3 is 5.97 Å². The number of aromatic hydroxyl groups is 3. The van der Waals surface area contributed by atoms with Crippen molar-refractivity contribution in [3.63, 3.8) is 0 Å². The number of carbonyl (C=O) groups is 8. The van der Waals surface area contributed by atoms with Crippen molar-refractivity contribution in [2.75, 3.05) is 19.3 Å². The molecule has 2 fully saturated rings. The summed E-state index contributed by atoms with van der Waals surface area (Å²) >= 11 is 17.4. The Morgan fingerprint density at radius 1 is 0.714 bits per heavy atom. The van der Waals surface area contributed by atoms with E-state index in [9.17, 15) is 65.1 Å². The summed E-state index contributed by atoms with van der Waals surface area (Å²) in [7, 11) is 1.48. The number of ether oxygens (including phenoxy) is 6. The van der Waals surface area contributed by atoms with Crippen molar-refractivity contribution in [2.24, 2.45) is 11.7 Å². The lowest BCUT2D eigenvalue weighted by Gasteiger charge is -2.47. The highest BCUT2D eigenvalue weighted by molar-refractivity contribution is 14.1. The minimum absolute atomic E-state index is 0.0285. The molecule has 13 rings (SSSR count). The number of phenols is 3. The number of aromatic amines is 1. The van der Waals surface area contributed by atoms with Crippen LogP contribution in [0.5, 0.6) is 46.0 Å². The lowest BCUT2D eigenvalue weighted by Crippen LogP contribution is -2.64. The van der Waals surface area contributed by atoms with E-state index in [1.807, 2.05) is 13.8 Å². The molecule has 8 heterocycles. The van der Waals surface area contributed by atoms with Crippen molar-refractivity contribution in [1.82, 2.24) is 57.7 Å². The predicted molar refractivity (Wildman–Crippen MR) is 435 cm³/mol. The number of carbonyl (C=O) groups excluding carboxylic acids is 7. The summed E-state index contributed by atoms with van der Waals surface area (Å²) < 4.78 is 39.2. The molecule has 40 heteroatoms. The number of rotatable bonds is 25. The number of halogens is 3. The molecule has 0 aliphatic carbocycles. The van der Waals surface area contributed by atoms with Gasteiger partial charge in [-0.25, -0.2) is 4.79 Å². The van der Waals surface area contributed by atoms with Crippen LogP contribution in [-0.2, 0) is 52.6 Å². The summed E-state index contributed by atoms with van der Waals surface area (Å²) in [6.45, 7) is 9.29. The quantitative estimate of drug-likeness (QED) is 0.0120. The van der Waals surface area contributed by atoms with Crippen LogP contribution in [0.3, 0.4) is 0 Å². The number of hydrogen-bond acceptors (Lipinski definition) is 28. The maximum Gasteiger partial charge on any atom is 0.330 e. The van der Waals surface area contributed by atoms with Crippen LogP contribution in [0, 0.1) is 12.8 Å². The van der Waals surface area contributed by atoms with Gasteiger partial charge in [0.05, 0.1) is 34.7 Å². The van der Waals surface area contributed by atoms with Crippen molar-refractivity contribution in [3.8, 4) is 57.1 Å². The lowest BCUT2D eigenvalue weighted by molar-refractivity contribution is -0.326. The van der Waals surface area contributed by atoms with E-state index < -0.39 is 234 Å². The van der Waals surface area contributed by atoms with E-state index in [0.29, 0.717) is 6.54 Å². The Balaban J connectivity index is 1.13. The fraction of sp³-hybridized carbons (Fsp3) is 0.481. The first-order valence-electron chi connectivity index (χ1n) is 38.6. The SMILES string of the molecule is CCCCCCCCCCNC1(I)CC(OC2C(Oc3c4cc5cc3Oc3ccc(cc3Cl)[C@@H](O)[C@@H]3NC(=O)C(NC(=O)C5NC(=O)C(CC(N)=O)NC(=O)C(NC(=O)[C@H](CC(C)C)NC)C(O)c5ccc(c(Cl)c5)O4)c4ccc(O)c(c4)-c4c(O)cc(O)cc4C(C(=O)O)NC3=O)OC(CSc3nnc(C)c(=O)[nH]3)C(O)C2O)OC(C)C1O. The van der Waals surface area contributed by atoms with Gasteiger partial charge in [-0.1, -0.05) is 141 Å². The zero-order valence-corrected chi connectivity index (χ0v) is 69.7. The number of hydrogen-bond donors (Lipinski definition) is 19. The van der Waals surface area contributed by atoms with E-state index in [0.717, 1.165) is 130 Å². The van der Waals surface area contributed by atoms with Crippen LogP contribution in [0.15, 0.2) is 88.8 Å². The van der Waals surface area contributed by atoms with E-state index in [1.54, 1.807) is 6.92 Å². The number of aliphatic hydroxyl groups excluding tert-OH is 5. The maximum absolute atomic E-state index is 16.3. The number of phenolic OH excluding ortho intramolecular Hbond substituents is 3. The summed E-state index contributed by atoms with van der Waals surface area (Å²) in [5, 5.41) is 135. The summed E-state index contributed by atoms with van der Waals surface area (Å²) in [5.41, 5.74) is 2.41. The smallest absolute Gasteiger partial charge is 0.330 e. The molecule has 0 saturated carbocycles. The molecule has 18 atom stereocenters. The number of aliphatic carboxylic acids is 1. The number of nitrogens with one attached hydrogen (secondary N) is 9. The molecule has 20 N–H and O–H groups in total. The number of nitrogens with zero attached hydrogens (tertiary/aromatic N) is 2. The van der Waals surface area contributed by atoms with Gasteiger partial charge in [-0.3, -0.25) is 43.3 Å². The van der Waals surface area contributed by atoms with Gasteiger partial charge in [0.2, 0.25) is 53.4 Å². The second-order valence-electron chi connectivity index (χ2n) is 30.1. The van der Waals surface area contributed by atoms with Crippen LogP contribution in [0.4, 0.5) is 0 Å². The monoisotopic (exact) mass is 1820 g/mol. The molecule has 6 aromatic rings. The number of aryl methyl sites for hydroxylation is 1. The standard InChI is InChI=1S/C79H95Cl2IN12O24S/c1-7-8-9-10-11-12-13-14-21-85-79(82)31-55(113-35(5)68(79)103)117-67-65(102)64(101)53(32-119-78-92-69(104)34(4)93-94-78)116-77(67)118-66-51-26-39-27-52(66)115-50-20-17-38(25-44(50)81)63(100)61-75(110)89-59(76(111)112)42-28-40(95)29-48(97)56(42)41-23-36(15-18-47(41)96)57(72(107)91-61)88-73(108)58(39)87-71(106)46(30-54(83)98)86-74(109)60(90-70(105)45(84-6)22-33(2)3)62(99)37-16-19-49(114-51)43(80)24-37/h15-20,23-29,33,35,45-46,53,55,57-65,67-68,77,84-85,95-97,99-103H,7-14,21-22,30-32H2,1-6H3,(H2,83,98)(H,86,109)(H,87,106)(H,88,108)(H,89,110)(H,90,105)(H,91,107)(H,111,112)(H,92,94,104)/t35?,45-,46?,53?,55?,57?,58?,59?,60?,61-,62?,63+,64?,65?,67?,68?,77?,79?/m0/s1. The number of nitrogens with two attached hydrogens (primary N) is 1. The van der Waals surface area contributed by atoms with E-state index in [2.05, 4.69) is 87.2 Å². The minimum Gasteiger partial charge on any atom is -0.508 e. The molecule has 642 valence electrons. The molecular weight excluding hydrogens is 1730 g/mol. The van der Waals surface area contributed by atoms with Crippen LogP contribution in [0.2, 0.25) is 10.0 Å². The molecule has 15 unspecified atom stereocenters. The Morgan fingerprint density at radius 2 is 1.34 bits per heavy atom. The number of thioether (sulfide) groups is 1. The predicted octanol–water partition coefficient (Wildman–Crippen LogP) is 4.84. The first-order chi connectivity index (χ1) is 56.5. The fourth-order valence-electron chi connectivity index (χ4n) is 14.5. The molecule has 119 heavy (non-hydrogen) atoms. The normalized spacial score (nSPS) is 26.8. The molecule has 1 aromatic heterocycles. The zero-order valence-electron chi connectivity index (χ0n) is 65.3. The van der Waals surface area contributed by atoms with E-state index >= 15 is 24.0 Å². The molecule has 0 radical (unpaired) electrons. The molecule has 7 aliphatic rings. The topological polar surface area (TPSA) is 555 Å². The fourth-order valence-corrected chi connectivity index (χ4v) is 17.0. The third-order valence-electron chi connectivity index (χ3n) is 20.9. The van der Waals surface area contributed by atoms with Crippen LogP contribution < -0.4 is 68.0 Å². The van der Waals surface area contributed by atoms with E-state index in [4.69, 9.17) is 57.4 Å². The van der Waals surface area contributed by atoms with E-state index in [1.165, 1.54) is 26.1 Å². The first kappa shape index (κ1) is 90.5. The van der Waals surface area contributed by atoms with Crippen molar-refractivity contribution < 1.29 is 113 Å². The van der Waals surface area contributed by atoms with Crippen molar-refractivity contribution in [2.45, 2.75) is 218 Å². The first-order valence-corrected chi connectivity index (χ1v) is 41.4. The summed E-state index contributed by atoms with van der Waals surface area (Å²) in [4.78, 5) is 134. The number of H-pyrrole nitrogens is 1. The van der Waals surface area contributed by atoms with Gasteiger partial charge in [0.25, 0.3) is 5.56 Å². The highest BCUT2D eigenvalue weighted by Gasteiger charge is 2.53. The molecule has 36 nitrogen and oxygen atoms in total. The van der Waals surface area contributed by atoms with Crippen LogP contribution in [-0.4, -0.2) is 205 Å². The number of fused-ring (bicyclic) bond motifs is 15. The van der Waals surface area contributed by atoms with Crippen LogP contribution in [0.25, 0.3) is 11.1 Å². The van der Waals surface area contributed by atoms with Crippen LogP contribution >= 0.6 is 57.6 Å². The van der Waals surface area contributed by atoms with Gasteiger partial charge in [0.15, 0.2) is 35.1 Å². The Labute approximate surface area is 709 Å². The highest BCUT2D eigenvalue weighted by Crippen LogP contribution is 2.50. The largest absolute Gasteiger partial charge is 0.508 e. The summed E-state index contributed by atoms with van der Waals surface area (Å²) in [6.07, 6.45) is -9.90. The molecule has 5 aromatic carbocycles. The number of amides is 7. The van der Waals surface area contributed by atoms with Gasteiger partial charge in [0.1, 0.15) is 98.7 Å². The number of primary amides is 1. The second-order valence-corrected chi connectivity index (χ2v) is 33.9. The number of aromatic nitrogens is 3. The number of alkyl halides is 1. The van der Waals surface area contributed by atoms with Gasteiger partial charge in [-0.05, 0) is 123 Å². The number of aliphatic hydroxyl groups is 5. The summed E-state index contributed by atoms with van der Waals surface area (Å²) in [6, 6.07) is -0.520. The lowest BCUT2D eigenvalue weighted by atomic mass is 9.89. The van der Waals surface area contributed by atoms with Gasteiger partial charge in [0, 0.05) is 34.9 Å². The maximum atomic E-state index is 16.3. The average molecular weight is 1830 g/mol. The van der Waals surface area contributed by atoms with Crippen LogP contribution in [0.1, 0.15) is 162 Å². The molecule has 7 amide bonds. The number of unbranched alkanes of at least 4 members (excludes halogenated alkanes) is 7. The number of benzene rings is 5. The van der Waals surface area contributed by atoms with Crippen molar-refractivity contribution >= 4 is 105 Å². The van der Waals surface area contributed by atoms with Crippen molar-refractivity contribution in [1.29, 1.82) is 0 Å².